The highest BCUT2D eigenvalue weighted by atomic mass is 28.4. The lowest BCUT2D eigenvalue weighted by Gasteiger charge is -2.23. The lowest BCUT2D eigenvalue weighted by atomic mass is 10.1. The van der Waals surface area contributed by atoms with Crippen molar-refractivity contribution in [3.8, 4) is 0 Å². The van der Waals surface area contributed by atoms with Crippen LogP contribution >= 0.6 is 0 Å². The first-order chi connectivity index (χ1) is 7.11. The lowest BCUT2D eigenvalue weighted by molar-refractivity contribution is 0.241. The van der Waals surface area contributed by atoms with E-state index in [4.69, 9.17) is 13.6 Å². The van der Waals surface area contributed by atoms with Crippen LogP contribution in [-0.4, -0.2) is 34.5 Å². The average molecular weight is 230 g/mol. The van der Waals surface area contributed by atoms with E-state index in [1.54, 1.807) is 20.3 Å². The molecule has 0 saturated carbocycles. The Labute approximate surface area is 91.4 Å². The van der Waals surface area contributed by atoms with Crippen molar-refractivity contribution in [2.75, 3.05) is 20.8 Å². The molecule has 0 aromatic carbocycles. The molecule has 1 heterocycles. The maximum atomic E-state index is 9.56. The van der Waals surface area contributed by atoms with Crippen LogP contribution in [0.1, 0.15) is 6.42 Å². The Morgan fingerprint density at radius 3 is 2.67 bits per heavy atom. The van der Waals surface area contributed by atoms with Crippen LogP contribution in [0.2, 0.25) is 12.6 Å². The fourth-order valence-corrected chi connectivity index (χ4v) is 2.65. The van der Waals surface area contributed by atoms with E-state index >= 15 is 0 Å². The normalized spacial score (nSPS) is 16.7. The van der Waals surface area contributed by atoms with Gasteiger partial charge in [-0.3, -0.25) is 0 Å². The SMILES string of the molecule is CO[Si](C)(CCC1=C(O)C=COC1)OC. The number of ether oxygens (including phenoxy) is 1. The Balaban J connectivity index is 2.52. The van der Waals surface area contributed by atoms with E-state index in [0.29, 0.717) is 12.4 Å². The Morgan fingerprint density at radius 1 is 1.47 bits per heavy atom. The molecule has 0 unspecified atom stereocenters. The first-order valence-electron chi connectivity index (χ1n) is 4.91. The van der Waals surface area contributed by atoms with Crippen molar-refractivity contribution in [3.63, 3.8) is 0 Å². The molecule has 0 bridgehead atoms. The van der Waals surface area contributed by atoms with Gasteiger partial charge in [0.15, 0.2) is 0 Å². The molecule has 86 valence electrons. The topological polar surface area (TPSA) is 47.9 Å². The summed E-state index contributed by atoms with van der Waals surface area (Å²) in [6.07, 6.45) is 3.82. The van der Waals surface area contributed by atoms with Crippen molar-refractivity contribution in [2.45, 2.75) is 19.0 Å². The van der Waals surface area contributed by atoms with Gasteiger partial charge in [-0.1, -0.05) is 0 Å². The highest BCUT2D eigenvalue weighted by molar-refractivity contribution is 6.65. The maximum Gasteiger partial charge on any atom is 0.334 e. The van der Waals surface area contributed by atoms with Crippen molar-refractivity contribution in [1.82, 2.24) is 0 Å². The number of hydrogen-bond acceptors (Lipinski definition) is 4. The monoisotopic (exact) mass is 230 g/mol. The second-order valence-corrected chi connectivity index (χ2v) is 7.23. The molecular formula is C10H18O4Si. The van der Waals surface area contributed by atoms with Gasteiger partial charge in [-0.05, 0) is 19.0 Å². The molecular weight excluding hydrogens is 212 g/mol. The number of rotatable bonds is 5. The van der Waals surface area contributed by atoms with Crippen LogP contribution in [0, 0.1) is 0 Å². The maximum absolute atomic E-state index is 9.56. The van der Waals surface area contributed by atoms with Crippen molar-refractivity contribution < 1.29 is 18.7 Å². The van der Waals surface area contributed by atoms with Gasteiger partial charge in [0.2, 0.25) is 0 Å². The summed E-state index contributed by atoms with van der Waals surface area (Å²) >= 11 is 0. The van der Waals surface area contributed by atoms with E-state index in [2.05, 4.69) is 0 Å². The van der Waals surface area contributed by atoms with Gasteiger partial charge in [-0.15, -0.1) is 0 Å². The van der Waals surface area contributed by atoms with Crippen LogP contribution < -0.4 is 0 Å². The van der Waals surface area contributed by atoms with Gasteiger partial charge in [0.05, 0.1) is 6.26 Å². The van der Waals surface area contributed by atoms with Crippen LogP contribution in [0.3, 0.4) is 0 Å². The minimum atomic E-state index is -2.04. The third-order valence-corrected chi connectivity index (χ3v) is 5.57. The second kappa shape index (κ2) is 5.34. The highest BCUT2D eigenvalue weighted by Crippen LogP contribution is 2.21. The summed E-state index contributed by atoms with van der Waals surface area (Å²) < 4.78 is 15.9. The fraction of sp³-hybridized carbons (Fsp3) is 0.600. The molecule has 0 aromatic rings. The van der Waals surface area contributed by atoms with Gasteiger partial charge in [-0.2, -0.15) is 0 Å². The van der Waals surface area contributed by atoms with E-state index < -0.39 is 8.56 Å². The number of aliphatic hydroxyl groups excluding tert-OH is 1. The molecule has 0 fully saturated rings. The van der Waals surface area contributed by atoms with E-state index in [9.17, 15) is 5.11 Å². The minimum absolute atomic E-state index is 0.310. The molecule has 0 amide bonds. The third-order valence-electron chi connectivity index (χ3n) is 2.69. The summed E-state index contributed by atoms with van der Waals surface area (Å²) in [7, 11) is 1.30. The largest absolute Gasteiger partial charge is 0.508 e. The third kappa shape index (κ3) is 3.37. The first-order valence-corrected chi connectivity index (χ1v) is 7.43. The number of aliphatic hydroxyl groups is 1. The van der Waals surface area contributed by atoms with Gasteiger partial charge in [0, 0.05) is 25.9 Å². The number of hydrogen-bond donors (Lipinski definition) is 1. The van der Waals surface area contributed by atoms with Crippen molar-refractivity contribution >= 4 is 8.56 Å². The predicted octanol–water partition coefficient (Wildman–Crippen LogP) is 2.10. The smallest absolute Gasteiger partial charge is 0.334 e. The Bertz CT molecular complexity index is 269. The van der Waals surface area contributed by atoms with E-state index in [1.165, 1.54) is 6.26 Å². The average Bonchev–Trinajstić information content (AvgIpc) is 2.28. The van der Waals surface area contributed by atoms with Crippen LogP contribution in [0.15, 0.2) is 23.7 Å². The molecule has 1 N–H and O–H groups in total. The fourth-order valence-electron chi connectivity index (χ4n) is 1.32. The molecule has 15 heavy (non-hydrogen) atoms. The summed E-state index contributed by atoms with van der Waals surface area (Å²) in [5, 5.41) is 9.56. The first kappa shape index (κ1) is 12.3. The van der Waals surface area contributed by atoms with E-state index in [1.807, 2.05) is 6.55 Å². The van der Waals surface area contributed by atoms with Crippen molar-refractivity contribution in [1.29, 1.82) is 0 Å². The number of allylic oxidation sites excluding steroid dienone is 1. The molecule has 0 atom stereocenters. The second-order valence-electron chi connectivity index (χ2n) is 3.64. The summed E-state index contributed by atoms with van der Waals surface area (Å²) in [6.45, 7) is 2.46. The Morgan fingerprint density at radius 2 is 2.13 bits per heavy atom. The van der Waals surface area contributed by atoms with Crippen LogP contribution in [-0.2, 0) is 13.6 Å². The highest BCUT2D eigenvalue weighted by Gasteiger charge is 2.29. The summed E-state index contributed by atoms with van der Waals surface area (Å²) in [6, 6.07) is 0.816. The van der Waals surface area contributed by atoms with Gasteiger partial charge in [-0.25, -0.2) is 0 Å². The van der Waals surface area contributed by atoms with Crippen molar-refractivity contribution in [3.05, 3.63) is 23.7 Å². The molecule has 0 aliphatic carbocycles. The molecule has 5 heteroatoms. The molecule has 0 saturated heterocycles. The Kier molecular flexibility index (Phi) is 4.38. The van der Waals surface area contributed by atoms with Gasteiger partial charge < -0.3 is 18.7 Å². The standard InChI is InChI=1S/C10H18O4Si/c1-12-15(3,13-2)7-5-9-8-14-6-4-10(9)11/h4,6,11H,5,7-8H2,1-3H3. The van der Waals surface area contributed by atoms with Gasteiger partial charge >= 0.3 is 8.56 Å². The Hall–Kier alpha value is -0.783. The van der Waals surface area contributed by atoms with Gasteiger partial charge in [0.25, 0.3) is 0 Å². The van der Waals surface area contributed by atoms with E-state index in [0.717, 1.165) is 18.0 Å². The zero-order valence-electron chi connectivity index (χ0n) is 9.45. The van der Waals surface area contributed by atoms with Crippen LogP contribution in [0.25, 0.3) is 0 Å². The summed E-state index contributed by atoms with van der Waals surface area (Å²) in [5.41, 5.74) is 0.908. The van der Waals surface area contributed by atoms with Gasteiger partial charge in [0.1, 0.15) is 12.4 Å². The van der Waals surface area contributed by atoms with E-state index in [-0.39, 0.29) is 0 Å². The van der Waals surface area contributed by atoms with Crippen LogP contribution in [0.4, 0.5) is 0 Å². The summed E-state index contributed by atoms with van der Waals surface area (Å²) in [4.78, 5) is 0. The molecule has 1 aliphatic heterocycles. The molecule has 0 aromatic heterocycles. The molecule has 0 radical (unpaired) electrons. The van der Waals surface area contributed by atoms with Crippen molar-refractivity contribution in [2.24, 2.45) is 0 Å². The predicted molar refractivity (Wildman–Crippen MR) is 59.8 cm³/mol. The van der Waals surface area contributed by atoms with Crippen LogP contribution in [0.5, 0.6) is 0 Å². The molecule has 4 nitrogen and oxygen atoms in total. The lowest BCUT2D eigenvalue weighted by Crippen LogP contribution is -2.36. The molecule has 0 spiro atoms. The zero-order chi connectivity index (χ0) is 11.3. The summed E-state index contributed by atoms with van der Waals surface area (Å²) in [5.74, 6) is 0.310. The minimum Gasteiger partial charge on any atom is -0.508 e. The molecule has 1 rings (SSSR count). The quantitative estimate of drug-likeness (QED) is 0.735. The molecule has 1 aliphatic rings. The zero-order valence-corrected chi connectivity index (χ0v) is 10.4.